The Morgan fingerprint density at radius 2 is 2.33 bits per heavy atom. The molecule has 21 heavy (non-hydrogen) atoms. The van der Waals surface area contributed by atoms with Gasteiger partial charge in [-0.05, 0) is 27.6 Å². The molecule has 8 heteroatoms. The van der Waals surface area contributed by atoms with Gasteiger partial charge in [-0.1, -0.05) is 6.92 Å². The number of thioether (sulfide) groups is 1. The van der Waals surface area contributed by atoms with E-state index in [4.69, 9.17) is 5.73 Å². The fourth-order valence-corrected chi connectivity index (χ4v) is 5.98. The van der Waals surface area contributed by atoms with E-state index in [1.54, 1.807) is 31.1 Å². The minimum absolute atomic E-state index is 0.123. The van der Waals surface area contributed by atoms with Gasteiger partial charge in [-0.15, -0.1) is 0 Å². The maximum absolute atomic E-state index is 12.4. The third kappa shape index (κ3) is 3.98. The molecule has 0 saturated carbocycles. The van der Waals surface area contributed by atoms with Crippen molar-refractivity contribution in [3.63, 3.8) is 0 Å². The molecule has 1 saturated heterocycles. The van der Waals surface area contributed by atoms with Gasteiger partial charge < -0.3 is 5.73 Å². The summed E-state index contributed by atoms with van der Waals surface area (Å²) in [5.74, 6) is 1.69. The second-order valence-corrected chi connectivity index (χ2v) is 9.42. The summed E-state index contributed by atoms with van der Waals surface area (Å²) < 4.78 is 25.6. The van der Waals surface area contributed by atoms with Crippen molar-refractivity contribution in [1.82, 2.24) is 9.88 Å². The molecule has 1 fully saturated rings. The molecule has 1 aliphatic heterocycles. The Bertz CT molecular complexity index is 583. The van der Waals surface area contributed by atoms with Crippen LogP contribution in [0.15, 0.2) is 22.9 Å². The van der Waals surface area contributed by atoms with Gasteiger partial charge in [0.05, 0.1) is 0 Å². The summed E-state index contributed by atoms with van der Waals surface area (Å²) in [4.78, 5) is 6.20. The van der Waals surface area contributed by atoms with E-state index in [-0.39, 0.29) is 11.8 Å². The SMILES string of the molecule is CCS(=O)(=O)C1CSCCN1C(CN)c1cncc(Br)c1. The first-order chi connectivity index (χ1) is 9.99. The van der Waals surface area contributed by atoms with Crippen LogP contribution in [0.4, 0.5) is 0 Å². The summed E-state index contributed by atoms with van der Waals surface area (Å²) in [6, 6.07) is 1.84. The number of hydrogen-bond acceptors (Lipinski definition) is 6. The highest BCUT2D eigenvalue weighted by molar-refractivity contribution is 9.10. The van der Waals surface area contributed by atoms with E-state index in [1.807, 2.05) is 11.0 Å². The van der Waals surface area contributed by atoms with Crippen molar-refractivity contribution in [2.24, 2.45) is 5.73 Å². The first kappa shape index (κ1) is 17.2. The van der Waals surface area contributed by atoms with Crippen molar-refractivity contribution in [3.8, 4) is 0 Å². The number of sulfone groups is 1. The van der Waals surface area contributed by atoms with Crippen LogP contribution < -0.4 is 5.73 Å². The van der Waals surface area contributed by atoms with Gasteiger partial charge in [0.1, 0.15) is 5.37 Å². The molecule has 0 aromatic carbocycles. The van der Waals surface area contributed by atoms with Crippen molar-refractivity contribution >= 4 is 37.5 Å². The van der Waals surface area contributed by atoms with Crippen LogP contribution in [0.25, 0.3) is 0 Å². The Balaban J connectivity index is 2.34. The predicted molar refractivity (Wildman–Crippen MR) is 91.0 cm³/mol. The van der Waals surface area contributed by atoms with Gasteiger partial charge in [0.15, 0.2) is 9.84 Å². The van der Waals surface area contributed by atoms with Crippen LogP contribution in [-0.2, 0) is 9.84 Å². The molecule has 2 rings (SSSR count). The molecule has 2 atom stereocenters. The van der Waals surface area contributed by atoms with Crippen molar-refractivity contribution in [3.05, 3.63) is 28.5 Å². The lowest BCUT2D eigenvalue weighted by Gasteiger charge is -2.40. The summed E-state index contributed by atoms with van der Waals surface area (Å²) in [5, 5.41) is -0.464. The Hall–Kier alpha value is -0.150. The van der Waals surface area contributed by atoms with E-state index in [2.05, 4.69) is 20.9 Å². The first-order valence-corrected chi connectivity index (χ1v) is 10.5. The zero-order valence-corrected chi connectivity index (χ0v) is 15.1. The number of rotatable bonds is 5. The number of nitrogens with two attached hydrogens (primary N) is 1. The monoisotopic (exact) mass is 393 g/mol. The van der Waals surface area contributed by atoms with Crippen molar-refractivity contribution in [1.29, 1.82) is 0 Å². The van der Waals surface area contributed by atoms with E-state index >= 15 is 0 Å². The number of aromatic nitrogens is 1. The van der Waals surface area contributed by atoms with Crippen LogP contribution in [-0.4, -0.2) is 54.0 Å². The molecule has 1 aliphatic rings. The average molecular weight is 394 g/mol. The predicted octanol–water partition coefficient (Wildman–Crippen LogP) is 1.65. The minimum Gasteiger partial charge on any atom is -0.329 e. The maximum atomic E-state index is 12.4. The second kappa shape index (κ2) is 7.41. The third-order valence-corrected chi connectivity index (χ3v) is 7.41. The minimum atomic E-state index is -3.13. The summed E-state index contributed by atoms with van der Waals surface area (Å²) in [5.41, 5.74) is 6.90. The van der Waals surface area contributed by atoms with Gasteiger partial charge in [0, 0.05) is 53.3 Å². The second-order valence-electron chi connectivity index (χ2n) is 4.91. The van der Waals surface area contributed by atoms with Crippen molar-refractivity contribution < 1.29 is 8.42 Å². The highest BCUT2D eigenvalue weighted by Crippen LogP contribution is 2.30. The summed E-state index contributed by atoms with van der Waals surface area (Å²) in [6.07, 6.45) is 3.48. The standard InChI is InChI=1S/C13H20BrN3O2S2/c1-2-21(18,19)13-9-20-4-3-17(13)12(6-15)10-5-11(14)8-16-7-10/h5,7-8,12-13H,2-4,6,9,15H2,1H3. The van der Waals surface area contributed by atoms with Crippen LogP contribution in [0.3, 0.4) is 0 Å². The van der Waals surface area contributed by atoms with Crippen LogP contribution in [0.5, 0.6) is 0 Å². The lowest BCUT2D eigenvalue weighted by molar-refractivity contribution is 0.197. The number of pyridine rings is 1. The molecule has 0 aliphatic carbocycles. The molecular weight excluding hydrogens is 374 g/mol. The topological polar surface area (TPSA) is 76.3 Å². The maximum Gasteiger partial charge on any atom is 0.166 e. The fourth-order valence-electron chi connectivity index (χ4n) is 2.53. The molecule has 5 nitrogen and oxygen atoms in total. The Labute approximate surface area is 138 Å². The fraction of sp³-hybridized carbons (Fsp3) is 0.615. The molecule has 0 amide bonds. The van der Waals surface area contributed by atoms with E-state index < -0.39 is 15.2 Å². The Kier molecular flexibility index (Phi) is 6.07. The molecule has 0 spiro atoms. The molecule has 1 aromatic rings. The molecule has 2 heterocycles. The van der Waals surface area contributed by atoms with Gasteiger partial charge in [-0.25, -0.2) is 8.42 Å². The smallest absolute Gasteiger partial charge is 0.166 e. The normalized spacial score (nSPS) is 22.1. The van der Waals surface area contributed by atoms with Gasteiger partial charge >= 0.3 is 0 Å². The van der Waals surface area contributed by atoms with E-state index in [0.29, 0.717) is 12.3 Å². The first-order valence-electron chi connectivity index (χ1n) is 6.85. The number of hydrogen-bond donors (Lipinski definition) is 1. The van der Waals surface area contributed by atoms with Gasteiger partial charge in [0.25, 0.3) is 0 Å². The molecular formula is C13H20BrN3O2S2. The van der Waals surface area contributed by atoms with Crippen LogP contribution in [0.1, 0.15) is 18.5 Å². The lowest BCUT2D eigenvalue weighted by Crippen LogP contribution is -2.51. The molecule has 118 valence electrons. The number of halogens is 1. The largest absolute Gasteiger partial charge is 0.329 e. The van der Waals surface area contributed by atoms with Gasteiger partial charge in [0.2, 0.25) is 0 Å². The van der Waals surface area contributed by atoms with Crippen LogP contribution in [0.2, 0.25) is 0 Å². The molecule has 1 aromatic heterocycles. The van der Waals surface area contributed by atoms with Crippen LogP contribution >= 0.6 is 27.7 Å². The zero-order valence-electron chi connectivity index (χ0n) is 11.9. The highest BCUT2D eigenvalue weighted by atomic mass is 79.9. The Morgan fingerprint density at radius 1 is 1.57 bits per heavy atom. The van der Waals surface area contributed by atoms with Crippen LogP contribution in [0, 0.1) is 0 Å². The Morgan fingerprint density at radius 3 is 2.95 bits per heavy atom. The quantitative estimate of drug-likeness (QED) is 0.819. The van der Waals surface area contributed by atoms with Crippen molar-refractivity contribution in [2.45, 2.75) is 18.3 Å². The third-order valence-electron chi connectivity index (χ3n) is 3.68. The lowest BCUT2D eigenvalue weighted by atomic mass is 10.1. The molecule has 0 bridgehead atoms. The summed E-state index contributed by atoms with van der Waals surface area (Å²) >= 11 is 5.10. The summed E-state index contributed by atoms with van der Waals surface area (Å²) in [6.45, 7) is 2.80. The molecule has 2 unspecified atom stereocenters. The summed E-state index contributed by atoms with van der Waals surface area (Å²) in [7, 11) is -3.13. The molecule has 2 N–H and O–H groups in total. The van der Waals surface area contributed by atoms with Gasteiger partial charge in [-0.2, -0.15) is 11.8 Å². The van der Waals surface area contributed by atoms with Crippen molar-refractivity contribution in [2.75, 3.05) is 30.3 Å². The van der Waals surface area contributed by atoms with E-state index in [0.717, 1.165) is 22.3 Å². The zero-order chi connectivity index (χ0) is 15.5. The highest BCUT2D eigenvalue weighted by Gasteiger charge is 2.37. The average Bonchev–Trinajstić information content (AvgIpc) is 2.48. The molecule has 0 radical (unpaired) electrons. The van der Waals surface area contributed by atoms with E-state index in [9.17, 15) is 8.42 Å². The number of nitrogens with zero attached hydrogens (tertiary/aromatic N) is 2. The van der Waals surface area contributed by atoms with Gasteiger partial charge in [-0.3, -0.25) is 9.88 Å². The van der Waals surface area contributed by atoms with E-state index in [1.165, 1.54) is 0 Å².